The van der Waals surface area contributed by atoms with Crippen molar-refractivity contribution in [1.29, 1.82) is 0 Å². The Morgan fingerprint density at radius 3 is 2.43 bits per heavy atom. The standard InChI is InChI=1S/C8H15NO5/c10-5-1-9-2-6(11)14-3-4(9)7(12)8(5)13/h4-8,10-13H,1-3H2. The molecule has 0 aromatic carbocycles. The molecule has 2 fully saturated rings. The second-order valence-corrected chi connectivity index (χ2v) is 3.86. The molecule has 14 heavy (non-hydrogen) atoms. The Labute approximate surface area is 81.3 Å². The molecule has 0 aliphatic carbocycles. The average molecular weight is 205 g/mol. The van der Waals surface area contributed by atoms with Crippen LogP contribution in [0.3, 0.4) is 0 Å². The van der Waals surface area contributed by atoms with Crippen LogP contribution in [0.5, 0.6) is 0 Å². The number of hydrogen-bond acceptors (Lipinski definition) is 6. The van der Waals surface area contributed by atoms with E-state index < -0.39 is 24.6 Å². The van der Waals surface area contributed by atoms with E-state index in [0.717, 1.165) is 0 Å². The van der Waals surface area contributed by atoms with Crippen molar-refractivity contribution in [1.82, 2.24) is 4.90 Å². The number of hydrogen-bond donors (Lipinski definition) is 4. The van der Waals surface area contributed by atoms with Gasteiger partial charge in [-0.1, -0.05) is 0 Å². The lowest BCUT2D eigenvalue weighted by atomic mass is 9.93. The van der Waals surface area contributed by atoms with Crippen LogP contribution >= 0.6 is 0 Å². The third-order valence-corrected chi connectivity index (χ3v) is 2.88. The maximum Gasteiger partial charge on any atom is 0.167 e. The van der Waals surface area contributed by atoms with E-state index in [0.29, 0.717) is 0 Å². The number of aliphatic hydroxyl groups is 4. The monoisotopic (exact) mass is 205 g/mol. The highest BCUT2D eigenvalue weighted by Crippen LogP contribution is 2.22. The molecule has 2 aliphatic rings. The molecule has 5 unspecified atom stereocenters. The quantitative estimate of drug-likeness (QED) is 0.339. The average Bonchev–Trinajstić information content (AvgIpc) is 2.14. The van der Waals surface area contributed by atoms with Gasteiger partial charge in [-0.3, -0.25) is 4.90 Å². The third-order valence-electron chi connectivity index (χ3n) is 2.88. The van der Waals surface area contributed by atoms with E-state index in [1.165, 1.54) is 0 Å². The molecule has 2 heterocycles. The van der Waals surface area contributed by atoms with Gasteiger partial charge < -0.3 is 25.2 Å². The van der Waals surface area contributed by atoms with Crippen LogP contribution in [0.25, 0.3) is 0 Å². The van der Waals surface area contributed by atoms with Gasteiger partial charge in [0.1, 0.15) is 12.2 Å². The fourth-order valence-electron chi connectivity index (χ4n) is 2.03. The molecule has 6 heteroatoms. The number of fused-ring (bicyclic) bond motifs is 1. The van der Waals surface area contributed by atoms with Gasteiger partial charge in [0, 0.05) is 13.1 Å². The first kappa shape index (κ1) is 10.3. The zero-order valence-electron chi connectivity index (χ0n) is 7.65. The fraction of sp³-hybridized carbons (Fsp3) is 1.00. The summed E-state index contributed by atoms with van der Waals surface area (Å²) in [5.41, 5.74) is 0. The number of morpholine rings is 1. The minimum Gasteiger partial charge on any atom is -0.389 e. The van der Waals surface area contributed by atoms with E-state index in [4.69, 9.17) is 4.74 Å². The number of nitrogens with zero attached hydrogens (tertiary/aromatic N) is 1. The normalized spacial score (nSPS) is 50.1. The first-order valence-electron chi connectivity index (χ1n) is 4.67. The van der Waals surface area contributed by atoms with Gasteiger partial charge in [-0.15, -0.1) is 0 Å². The van der Waals surface area contributed by atoms with Crippen LogP contribution in [0, 0.1) is 0 Å². The molecule has 0 radical (unpaired) electrons. The zero-order valence-corrected chi connectivity index (χ0v) is 7.65. The predicted octanol–water partition coefficient (Wildman–Crippen LogP) is -2.90. The third kappa shape index (κ3) is 1.65. The molecule has 5 atom stereocenters. The Bertz CT molecular complexity index is 214. The summed E-state index contributed by atoms with van der Waals surface area (Å²) in [5.74, 6) is 0. The number of rotatable bonds is 0. The van der Waals surface area contributed by atoms with Crippen molar-refractivity contribution in [3.05, 3.63) is 0 Å². The summed E-state index contributed by atoms with van der Waals surface area (Å²) in [4.78, 5) is 1.73. The lowest BCUT2D eigenvalue weighted by Gasteiger charge is -2.46. The Hall–Kier alpha value is -0.240. The number of piperidine rings is 1. The fourth-order valence-corrected chi connectivity index (χ4v) is 2.03. The van der Waals surface area contributed by atoms with Gasteiger partial charge in [-0.2, -0.15) is 0 Å². The van der Waals surface area contributed by atoms with Gasteiger partial charge in [-0.25, -0.2) is 0 Å². The molecule has 2 aliphatic heterocycles. The summed E-state index contributed by atoms with van der Waals surface area (Å²) in [6, 6.07) is -0.336. The highest BCUT2D eigenvalue weighted by atomic mass is 16.6. The predicted molar refractivity (Wildman–Crippen MR) is 45.3 cm³/mol. The minimum atomic E-state index is -1.13. The van der Waals surface area contributed by atoms with Crippen molar-refractivity contribution in [2.45, 2.75) is 30.6 Å². The van der Waals surface area contributed by atoms with Crippen LogP contribution in [0.15, 0.2) is 0 Å². The molecular formula is C8H15NO5. The molecule has 0 spiro atoms. The molecule has 82 valence electrons. The molecule has 0 bridgehead atoms. The highest BCUT2D eigenvalue weighted by Gasteiger charge is 2.44. The second-order valence-electron chi connectivity index (χ2n) is 3.86. The topological polar surface area (TPSA) is 93.4 Å². The van der Waals surface area contributed by atoms with E-state index >= 15 is 0 Å². The van der Waals surface area contributed by atoms with Crippen molar-refractivity contribution in [2.75, 3.05) is 19.7 Å². The highest BCUT2D eigenvalue weighted by molar-refractivity contribution is 4.95. The van der Waals surface area contributed by atoms with E-state index in [1.54, 1.807) is 4.90 Å². The Morgan fingerprint density at radius 1 is 1.00 bits per heavy atom. The van der Waals surface area contributed by atoms with Crippen LogP contribution < -0.4 is 0 Å². The van der Waals surface area contributed by atoms with Crippen molar-refractivity contribution in [3.63, 3.8) is 0 Å². The Kier molecular flexibility index (Phi) is 2.74. The first-order valence-corrected chi connectivity index (χ1v) is 4.67. The minimum absolute atomic E-state index is 0.173. The summed E-state index contributed by atoms with van der Waals surface area (Å²) >= 11 is 0. The molecule has 2 saturated heterocycles. The van der Waals surface area contributed by atoms with Crippen molar-refractivity contribution < 1.29 is 25.2 Å². The van der Waals surface area contributed by atoms with Gasteiger partial charge in [0.15, 0.2) is 6.29 Å². The molecule has 0 saturated carbocycles. The molecule has 2 rings (SSSR count). The molecule has 6 nitrogen and oxygen atoms in total. The number of ether oxygens (including phenoxy) is 1. The molecule has 4 N–H and O–H groups in total. The Balaban J connectivity index is 2.07. The largest absolute Gasteiger partial charge is 0.389 e. The van der Waals surface area contributed by atoms with Crippen LogP contribution in [-0.4, -0.2) is 75.7 Å². The van der Waals surface area contributed by atoms with Crippen LogP contribution in [-0.2, 0) is 4.74 Å². The first-order chi connectivity index (χ1) is 6.59. The van der Waals surface area contributed by atoms with E-state index in [9.17, 15) is 20.4 Å². The van der Waals surface area contributed by atoms with Gasteiger partial charge in [0.2, 0.25) is 0 Å². The summed E-state index contributed by atoms with van der Waals surface area (Å²) in [6.07, 6.45) is -3.99. The second kappa shape index (κ2) is 3.73. The van der Waals surface area contributed by atoms with E-state index in [1.807, 2.05) is 0 Å². The van der Waals surface area contributed by atoms with E-state index in [-0.39, 0.29) is 25.7 Å². The SMILES string of the molecule is OC1CN2CC(O)C(O)C(O)C2CO1. The van der Waals surface area contributed by atoms with Gasteiger partial charge >= 0.3 is 0 Å². The van der Waals surface area contributed by atoms with Crippen LogP contribution in [0.1, 0.15) is 0 Å². The molecule has 0 amide bonds. The summed E-state index contributed by atoms with van der Waals surface area (Å²) in [7, 11) is 0. The maximum absolute atomic E-state index is 9.62. The summed E-state index contributed by atoms with van der Waals surface area (Å²) in [6.45, 7) is 0.681. The lowest BCUT2D eigenvalue weighted by Crippen LogP contribution is -2.66. The van der Waals surface area contributed by atoms with Crippen molar-refractivity contribution in [2.24, 2.45) is 0 Å². The summed E-state index contributed by atoms with van der Waals surface area (Å²) in [5, 5.41) is 37.6. The maximum atomic E-state index is 9.62. The zero-order chi connectivity index (χ0) is 10.3. The van der Waals surface area contributed by atoms with Gasteiger partial charge in [-0.05, 0) is 0 Å². The smallest absolute Gasteiger partial charge is 0.167 e. The van der Waals surface area contributed by atoms with Gasteiger partial charge in [0.25, 0.3) is 0 Å². The van der Waals surface area contributed by atoms with E-state index in [2.05, 4.69) is 0 Å². The summed E-state index contributed by atoms with van der Waals surface area (Å²) < 4.78 is 4.96. The molecule has 0 aromatic heterocycles. The van der Waals surface area contributed by atoms with Crippen LogP contribution in [0.2, 0.25) is 0 Å². The van der Waals surface area contributed by atoms with Crippen molar-refractivity contribution in [3.8, 4) is 0 Å². The number of aliphatic hydroxyl groups excluding tert-OH is 4. The lowest BCUT2D eigenvalue weighted by molar-refractivity contribution is -0.221. The molecule has 0 aromatic rings. The Morgan fingerprint density at radius 2 is 1.71 bits per heavy atom. The van der Waals surface area contributed by atoms with Crippen molar-refractivity contribution >= 4 is 0 Å². The van der Waals surface area contributed by atoms with Crippen LogP contribution in [0.4, 0.5) is 0 Å². The van der Waals surface area contributed by atoms with Gasteiger partial charge in [0.05, 0.1) is 18.8 Å². The molecular weight excluding hydrogens is 190 g/mol.